The van der Waals surface area contributed by atoms with E-state index in [0.29, 0.717) is 13.0 Å². The Morgan fingerprint density at radius 3 is 3.00 bits per heavy atom. The van der Waals surface area contributed by atoms with Crippen LogP contribution in [0.3, 0.4) is 0 Å². The Morgan fingerprint density at radius 1 is 1.35 bits per heavy atom. The summed E-state index contributed by atoms with van der Waals surface area (Å²) in [5, 5.41) is 13.4. The number of aliphatic carboxylic acids is 1. The van der Waals surface area contributed by atoms with E-state index in [-0.39, 0.29) is 12.0 Å². The molecule has 0 amide bonds. The highest BCUT2D eigenvalue weighted by molar-refractivity contribution is 5.80. The van der Waals surface area contributed by atoms with Crippen LogP contribution in [0.5, 0.6) is 0 Å². The van der Waals surface area contributed by atoms with Gasteiger partial charge in [0, 0.05) is 24.3 Å². The lowest BCUT2D eigenvalue weighted by Crippen LogP contribution is -2.17. The minimum Gasteiger partial charge on any atom is -0.481 e. The molecule has 0 bridgehead atoms. The standard InChI is InChI=1S/C13H14N2O2/c16-13(17)10-6-12(15-7-10)8-1-2-11-9(5-8)3-4-14-11/h1-5,10,12,14-15H,6-7H2,(H,16,17). The van der Waals surface area contributed by atoms with Crippen molar-refractivity contribution < 1.29 is 9.90 Å². The van der Waals surface area contributed by atoms with Gasteiger partial charge in [0.25, 0.3) is 0 Å². The molecule has 0 aliphatic carbocycles. The summed E-state index contributed by atoms with van der Waals surface area (Å²) in [4.78, 5) is 14.1. The summed E-state index contributed by atoms with van der Waals surface area (Å²) < 4.78 is 0. The monoisotopic (exact) mass is 230 g/mol. The van der Waals surface area contributed by atoms with E-state index >= 15 is 0 Å². The van der Waals surface area contributed by atoms with Crippen molar-refractivity contribution in [1.29, 1.82) is 0 Å². The summed E-state index contributed by atoms with van der Waals surface area (Å²) in [5.41, 5.74) is 2.28. The van der Waals surface area contributed by atoms with Gasteiger partial charge in [0.2, 0.25) is 0 Å². The number of fused-ring (bicyclic) bond motifs is 1. The van der Waals surface area contributed by atoms with Crippen LogP contribution in [-0.4, -0.2) is 22.6 Å². The van der Waals surface area contributed by atoms with E-state index in [9.17, 15) is 4.79 Å². The molecule has 2 atom stereocenters. The minimum absolute atomic E-state index is 0.162. The van der Waals surface area contributed by atoms with Crippen LogP contribution in [0.1, 0.15) is 18.0 Å². The van der Waals surface area contributed by atoms with Crippen molar-refractivity contribution >= 4 is 16.9 Å². The van der Waals surface area contributed by atoms with Gasteiger partial charge in [0.15, 0.2) is 0 Å². The van der Waals surface area contributed by atoms with Crippen LogP contribution < -0.4 is 5.32 Å². The van der Waals surface area contributed by atoms with E-state index in [1.165, 1.54) is 10.9 Å². The van der Waals surface area contributed by atoms with Crippen molar-refractivity contribution in [2.45, 2.75) is 12.5 Å². The molecule has 0 spiro atoms. The molecule has 4 heteroatoms. The molecule has 2 aromatic rings. The van der Waals surface area contributed by atoms with Gasteiger partial charge in [-0.25, -0.2) is 0 Å². The number of aromatic amines is 1. The fraction of sp³-hybridized carbons (Fsp3) is 0.308. The zero-order chi connectivity index (χ0) is 11.8. The van der Waals surface area contributed by atoms with E-state index in [4.69, 9.17) is 5.11 Å². The lowest BCUT2D eigenvalue weighted by Gasteiger charge is -2.10. The summed E-state index contributed by atoms with van der Waals surface area (Å²) in [7, 11) is 0. The third-order valence-corrected chi connectivity index (χ3v) is 3.46. The molecule has 2 unspecified atom stereocenters. The van der Waals surface area contributed by atoms with Gasteiger partial charge in [-0.05, 0) is 35.6 Å². The summed E-state index contributed by atoms with van der Waals surface area (Å²) in [6, 6.07) is 8.41. The van der Waals surface area contributed by atoms with Gasteiger partial charge in [-0.2, -0.15) is 0 Å². The van der Waals surface area contributed by atoms with Gasteiger partial charge < -0.3 is 15.4 Å². The Morgan fingerprint density at radius 2 is 2.24 bits per heavy atom. The smallest absolute Gasteiger partial charge is 0.307 e. The maximum absolute atomic E-state index is 10.9. The molecule has 1 aliphatic heterocycles. The van der Waals surface area contributed by atoms with Gasteiger partial charge in [-0.15, -0.1) is 0 Å². The quantitative estimate of drug-likeness (QED) is 0.738. The third-order valence-electron chi connectivity index (χ3n) is 3.46. The topological polar surface area (TPSA) is 65.1 Å². The second-order valence-electron chi connectivity index (χ2n) is 4.56. The first kappa shape index (κ1) is 10.4. The van der Waals surface area contributed by atoms with Crippen LogP contribution in [0.2, 0.25) is 0 Å². The van der Waals surface area contributed by atoms with E-state index < -0.39 is 5.97 Å². The number of hydrogen-bond donors (Lipinski definition) is 3. The molecule has 2 heterocycles. The first-order valence-electron chi connectivity index (χ1n) is 5.77. The van der Waals surface area contributed by atoms with E-state index in [2.05, 4.69) is 22.4 Å². The van der Waals surface area contributed by atoms with Crippen LogP contribution in [0.15, 0.2) is 30.5 Å². The third kappa shape index (κ3) is 1.80. The van der Waals surface area contributed by atoms with Crippen molar-refractivity contribution in [1.82, 2.24) is 10.3 Å². The Labute approximate surface area is 98.6 Å². The predicted octanol–water partition coefficient (Wildman–Crippen LogP) is 1.90. The lowest BCUT2D eigenvalue weighted by atomic mass is 9.99. The Balaban J connectivity index is 1.87. The highest BCUT2D eigenvalue weighted by Gasteiger charge is 2.30. The van der Waals surface area contributed by atoms with Gasteiger partial charge >= 0.3 is 5.97 Å². The Bertz CT molecular complexity index is 561. The molecule has 1 saturated heterocycles. The number of benzene rings is 1. The van der Waals surface area contributed by atoms with Gasteiger partial charge in [-0.3, -0.25) is 4.79 Å². The molecular weight excluding hydrogens is 216 g/mol. The number of aromatic nitrogens is 1. The van der Waals surface area contributed by atoms with Gasteiger partial charge in [0.05, 0.1) is 5.92 Å². The fourth-order valence-electron chi connectivity index (χ4n) is 2.47. The van der Waals surface area contributed by atoms with E-state index in [1.807, 2.05) is 18.3 Å². The summed E-state index contributed by atoms with van der Waals surface area (Å²) in [6.45, 7) is 0.561. The van der Waals surface area contributed by atoms with Crippen molar-refractivity contribution in [3.8, 4) is 0 Å². The van der Waals surface area contributed by atoms with Crippen molar-refractivity contribution in [3.05, 3.63) is 36.0 Å². The largest absolute Gasteiger partial charge is 0.481 e. The van der Waals surface area contributed by atoms with Crippen molar-refractivity contribution in [2.24, 2.45) is 5.92 Å². The van der Waals surface area contributed by atoms with Gasteiger partial charge in [0.1, 0.15) is 0 Å². The van der Waals surface area contributed by atoms with Crippen LogP contribution in [0.4, 0.5) is 0 Å². The molecule has 1 fully saturated rings. The van der Waals surface area contributed by atoms with Gasteiger partial charge in [-0.1, -0.05) is 6.07 Å². The molecule has 1 aliphatic rings. The number of carboxylic acid groups (broad SMARTS) is 1. The summed E-state index contributed by atoms with van der Waals surface area (Å²) >= 11 is 0. The zero-order valence-electron chi connectivity index (χ0n) is 9.31. The van der Waals surface area contributed by atoms with E-state index in [1.54, 1.807) is 0 Å². The highest BCUT2D eigenvalue weighted by Crippen LogP contribution is 2.29. The average molecular weight is 230 g/mol. The summed E-state index contributed by atoms with van der Waals surface area (Å²) in [5.74, 6) is -0.968. The second-order valence-corrected chi connectivity index (χ2v) is 4.56. The van der Waals surface area contributed by atoms with Crippen LogP contribution in [0, 0.1) is 5.92 Å². The Hall–Kier alpha value is -1.81. The molecule has 3 rings (SSSR count). The first-order valence-corrected chi connectivity index (χ1v) is 5.77. The maximum Gasteiger partial charge on any atom is 0.307 e. The maximum atomic E-state index is 10.9. The number of hydrogen-bond acceptors (Lipinski definition) is 2. The second kappa shape index (κ2) is 3.89. The van der Waals surface area contributed by atoms with Crippen LogP contribution in [0.25, 0.3) is 10.9 Å². The predicted molar refractivity (Wildman–Crippen MR) is 64.8 cm³/mol. The van der Waals surface area contributed by atoms with Crippen LogP contribution >= 0.6 is 0 Å². The molecule has 0 radical (unpaired) electrons. The molecule has 1 aromatic heterocycles. The molecule has 3 N–H and O–H groups in total. The molecule has 1 aromatic carbocycles. The SMILES string of the molecule is O=C(O)C1CNC(c2ccc3[nH]ccc3c2)C1. The molecule has 4 nitrogen and oxygen atoms in total. The molecular formula is C13H14N2O2. The van der Waals surface area contributed by atoms with Crippen LogP contribution in [-0.2, 0) is 4.79 Å². The van der Waals surface area contributed by atoms with Crippen molar-refractivity contribution in [2.75, 3.05) is 6.54 Å². The van der Waals surface area contributed by atoms with Crippen molar-refractivity contribution in [3.63, 3.8) is 0 Å². The molecule has 17 heavy (non-hydrogen) atoms. The molecule has 0 saturated carbocycles. The number of nitrogens with one attached hydrogen (secondary N) is 2. The first-order chi connectivity index (χ1) is 8.24. The minimum atomic E-state index is -0.706. The summed E-state index contributed by atoms with van der Waals surface area (Å²) in [6.07, 6.45) is 2.59. The fourth-order valence-corrected chi connectivity index (χ4v) is 2.47. The number of carboxylic acids is 1. The number of carbonyl (C=O) groups is 1. The molecule has 88 valence electrons. The average Bonchev–Trinajstić information content (AvgIpc) is 2.97. The van der Waals surface area contributed by atoms with E-state index in [0.717, 1.165) is 5.52 Å². The zero-order valence-corrected chi connectivity index (χ0v) is 9.31. The number of rotatable bonds is 2. The lowest BCUT2D eigenvalue weighted by molar-refractivity contribution is -0.141. The number of H-pyrrole nitrogens is 1. The normalized spacial score (nSPS) is 24.2. The highest BCUT2D eigenvalue weighted by atomic mass is 16.4. The Kier molecular flexibility index (Phi) is 2.37.